The molecule has 0 aliphatic heterocycles. The van der Waals surface area contributed by atoms with Gasteiger partial charge >= 0.3 is 0 Å². The third kappa shape index (κ3) is 4.14. The van der Waals surface area contributed by atoms with Gasteiger partial charge in [-0.25, -0.2) is 4.98 Å². The summed E-state index contributed by atoms with van der Waals surface area (Å²) in [5.74, 6) is 0.363. The molecule has 172 valence electrons. The van der Waals surface area contributed by atoms with Gasteiger partial charge in [0.25, 0.3) is 0 Å². The molecule has 0 bridgehead atoms. The summed E-state index contributed by atoms with van der Waals surface area (Å²) < 4.78 is 11.5. The number of aromatic nitrogens is 3. The lowest BCUT2D eigenvalue weighted by molar-refractivity contribution is 0.420. The average molecular weight is 484 g/mol. The maximum absolute atomic E-state index is 13.8. The van der Waals surface area contributed by atoms with Crippen LogP contribution in [0.2, 0.25) is 5.15 Å². The van der Waals surface area contributed by atoms with E-state index < -0.39 is 0 Å². The number of halogens is 1. The number of pyridine rings is 2. The number of aryl methyl sites for hydroxylation is 1. The lowest BCUT2D eigenvalue weighted by atomic mass is 9.97. The van der Waals surface area contributed by atoms with Crippen LogP contribution in [-0.2, 0) is 0 Å². The number of nitriles is 1. The monoisotopic (exact) mass is 483 g/mol. The largest absolute Gasteiger partial charge is 0.455 e. The first-order valence-electron chi connectivity index (χ1n) is 10.7. The maximum atomic E-state index is 13.8. The molecular weight excluding hydrogens is 466 g/mol. The molecule has 0 aliphatic carbocycles. The first-order chi connectivity index (χ1) is 17.0. The van der Waals surface area contributed by atoms with E-state index in [1.165, 1.54) is 12.5 Å². The lowest BCUT2D eigenvalue weighted by Gasteiger charge is -2.19. The number of fused-ring (bicyclic) bond motifs is 1. The fourth-order valence-electron chi connectivity index (χ4n) is 4.04. The van der Waals surface area contributed by atoms with E-state index >= 15 is 0 Å². The average Bonchev–Trinajstić information content (AvgIpc) is 3.40. The van der Waals surface area contributed by atoms with E-state index in [4.69, 9.17) is 20.5 Å². The lowest BCUT2D eigenvalue weighted by Crippen LogP contribution is -2.13. The fraction of sp³-hybridized carbons (Fsp3) is 0.115. The molecule has 9 heteroatoms. The van der Waals surface area contributed by atoms with Crippen molar-refractivity contribution < 1.29 is 8.94 Å². The van der Waals surface area contributed by atoms with Crippen LogP contribution in [0.5, 0.6) is 0 Å². The summed E-state index contributed by atoms with van der Waals surface area (Å²) in [5, 5.41) is 17.2. The summed E-state index contributed by atoms with van der Waals surface area (Å²) in [4.78, 5) is 22.1. The quantitative estimate of drug-likeness (QED) is 0.306. The van der Waals surface area contributed by atoms with E-state index in [-0.39, 0.29) is 22.3 Å². The van der Waals surface area contributed by atoms with Gasteiger partial charge in [-0.1, -0.05) is 22.8 Å². The van der Waals surface area contributed by atoms with Crippen molar-refractivity contribution in [3.05, 3.63) is 93.4 Å². The zero-order valence-electron chi connectivity index (χ0n) is 18.7. The second-order valence-electron chi connectivity index (χ2n) is 8.03. The molecule has 0 fully saturated rings. The van der Waals surface area contributed by atoms with E-state index in [9.17, 15) is 10.1 Å². The molecule has 0 aliphatic rings. The van der Waals surface area contributed by atoms with Gasteiger partial charge in [0.15, 0.2) is 5.69 Å². The Morgan fingerprint density at radius 1 is 1.17 bits per heavy atom. The molecule has 1 N–H and O–H groups in total. The standard InChI is InChI=1S/C26H18ClN5O3/c1-14-8-18(15(2)31-20-5-6-22(27)32-21(20)10-28)26-19(9-14)24(33)23(17-12-30-34-13-17)25(35-26)16-4-3-7-29-11-16/h3-9,11-13,15,31H,1-2H3. The van der Waals surface area contributed by atoms with Crippen molar-refractivity contribution in [3.63, 3.8) is 0 Å². The van der Waals surface area contributed by atoms with Crippen molar-refractivity contribution >= 4 is 28.3 Å². The van der Waals surface area contributed by atoms with Gasteiger partial charge in [0, 0.05) is 29.1 Å². The van der Waals surface area contributed by atoms with Crippen molar-refractivity contribution in [3.8, 4) is 28.5 Å². The summed E-state index contributed by atoms with van der Waals surface area (Å²) in [6, 6.07) is 12.4. The van der Waals surface area contributed by atoms with Gasteiger partial charge in [-0.15, -0.1) is 0 Å². The first-order valence-corrected chi connectivity index (χ1v) is 11.1. The molecule has 4 heterocycles. The van der Waals surface area contributed by atoms with Crippen LogP contribution in [0.4, 0.5) is 5.69 Å². The number of rotatable bonds is 5. The normalized spacial score (nSPS) is 11.8. The van der Waals surface area contributed by atoms with Gasteiger partial charge < -0.3 is 14.3 Å². The van der Waals surface area contributed by atoms with E-state index in [1.54, 1.807) is 36.7 Å². The molecule has 4 aromatic heterocycles. The highest BCUT2D eigenvalue weighted by Gasteiger charge is 2.23. The van der Waals surface area contributed by atoms with Crippen LogP contribution in [0.25, 0.3) is 33.4 Å². The SMILES string of the molecule is Cc1cc(C(C)Nc2ccc(Cl)nc2C#N)c2oc(-c3cccnc3)c(-c3cnoc3)c(=O)c2c1. The molecule has 0 spiro atoms. The molecule has 8 nitrogen and oxygen atoms in total. The van der Waals surface area contributed by atoms with Crippen molar-refractivity contribution in [1.29, 1.82) is 5.26 Å². The van der Waals surface area contributed by atoms with Crippen LogP contribution in [0.15, 0.2) is 75.0 Å². The molecular formula is C26H18ClN5O3. The zero-order chi connectivity index (χ0) is 24.5. The van der Waals surface area contributed by atoms with Crippen LogP contribution in [-0.4, -0.2) is 15.1 Å². The van der Waals surface area contributed by atoms with Crippen molar-refractivity contribution in [2.45, 2.75) is 19.9 Å². The van der Waals surface area contributed by atoms with Gasteiger partial charge in [0.2, 0.25) is 5.43 Å². The fourth-order valence-corrected chi connectivity index (χ4v) is 4.18. The van der Waals surface area contributed by atoms with Gasteiger partial charge in [-0.05, 0) is 49.7 Å². The highest BCUT2D eigenvalue weighted by Crippen LogP contribution is 2.36. The number of nitrogens with zero attached hydrogens (tertiary/aromatic N) is 4. The minimum Gasteiger partial charge on any atom is -0.455 e. The highest BCUT2D eigenvalue weighted by molar-refractivity contribution is 6.29. The summed E-state index contributed by atoms with van der Waals surface area (Å²) in [7, 11) is 0. The van der Waals surface area contributed by atoms with E-state index in [1.807, 2.05) is 26.0 Å². The van der Waals surface area contributed by atoms with Crippen LogP contribution in [0, 0.1) is 18.3 Å². The Kier molecular flexibility index (Phi) is 5.77. The summed E-state index contributed by atoms with van der Waals surface area (Å²) >= 11 is 5.94. The Labute approximate surface area is 204 Å². The summed E-state index contributed by atoms with van der Waals surface area (Å²) in [6.45, 7) is 3.83. The zero-order valence-corrected chi connectivity index (χ0v) is 19.5. The van der Waals surface area contributed by atoms with Crippen LogP contribution in [0.1, 0.15) is 29.8 Å². The number of hydrogen-bond donors (Lipinski definition) is 1. The number of hydrogen-bond acceptors (Lipinski definition) is 8. The van der Waals surface area contributed by atoms with Crippen LogP contribution in [0.3, 0.4) is 0 Å². The highest BCUT2D eigenvalue weighted by atomic mass is 35.5. The maximum Gasteiger partial charge on any atom is 0.201 e. The Morgan fingerprint density at radius 2 is 2.03 bits per heavy atom. The van der Waals surface area contributed by atoms with Crippen molar-refractivity contribution in [2.75, 3.05) is 5.32 Å². The predicted molar refractivity (Wildman–Crippen MR) is 132 cm³/mol. The van der Waals surface area contributed by atoms with Crippen molar-refractivity contribution in [1.82, 2.24) is 15.1 Å². The van der Waals surface area contributed by atoms with Gasteiger partial charge in [-0.2, -0.15) is 5.26 Å². The molecule has 0 saturated heterocycles. The first kappa shape index (κ1) is 22.3. The second-order valence-corrected chi connectivity index (χ2v) is 8.42. The number of benzene rings is 1. The Balaban J connectivity index is 1.74. The predicted octanol–water partition coefficient (Wildman–Crippen LogP) is 5.91. The summed E-state index contributed by atoms with van der Waals surface area (Å²) in [5.41, 5.74) is 4.05. The molecule has 0 saturated carbocycles. The Morgan fingerprint density at radius 3 is 2.74 bits per heavy atom. The topological polar surface area (TPSA) is 118 Å². The molecule has 0 amide bonds. The van der Waals surface area contributed by atoms with Gasteiger partial charge in [-0.3, -0.25) is 9.78 Å². The van der Waals surface area contributed by atoms with Crippen LogP contribution >= 0.6 is 11.6 Å². The van der Waals surface area contributed by atoms with Gasteiger partial charge in [0.05, 0.1) is 28.9 Å². The molecule has 5 rings (SSSR count). The van der Waals surface area contributed by atoms with Crippen molar-refractivity contribution in [2.24, 2.45) is 0 Å². The Bertz CT molecular complexity index is 1640. The van der Waals surface area contributed by atoms with E-state index in [0.717, 1.165) is 11.1 Å². The van der Waals surface area contributed by atoms with Crippen LogP contribution < -0.4 is 10.7 Å². The minimum atomic E-state index is -0.334. The molecule has 1 aromatic carbocycles. The second kappa shape index (κ2) is 9.05. The number of nitrogens with one attached hydrogen (secondary N) is 1. The molecule has 1 unspecified atom stereocenters. The third-order valence-electron chi connectivity index (χ3n) is 5.62. The Hall–Kier alpha value is -4.48. The smallest absolute Gasteiger partial charge is 0.201 e. The molecule has 5 aromatic rings. The molecule has 35 heavy (non-hydrogen) atoms. The minimum absolute atomic E-state index is 0.175. The number of anilines is 1. The third-order valence-corrected chi connectivity index (χ3v) is 5.83. The molecule has 0 radical (unpaired) electrons. The van der Waals surface area contributed by atoms with E-state index in [0.29, 0.717) is 39.1 Å². The van der Waals surface area contributed by atoms with E-state index in [2.05, 4.69) is 26.5 Å². The van der Waals surface area contributed by atoms with Gasteiger partial charge in [0.1, 0.15) is 28.8 Å². The molecule has 1 atom stereocenters. The summed E-state index contributed by atoms with van der Waals surface area (Å²) in [6.07, 6.45) is 6.18.